The third kappa shape index (κ3) is 4.64. The third-order valence-corrected chi connectivity index (χ3v) is 7.94. The van der Waals surface area contributed by atoms with Crippen LogP contribution >= 0.6 is 0 Å². The van der Waals surface area contributed by atoms with Crippen LogP contribution in [0.15, 0.2) is 42.7 Å². The zero-order valence-corrected chi connectivity index (χ0v) is 19.5. The highest BCUT2D eigenvalue weighted by atomic mass is 16.3. The van der Waals surface area contributed by atoms with E-state index in [-0.39, 0.29) is 12.5 Å². The minimum Gasteiger partial charge on any atom is -0.394 e. The summed E-state index contributed by atoms with van der Waals surface area (Å²) in [5.74, 6) is 0.256. The molecule has 1 saturated carbocycles. The number of carbonyl (C=O) groups excluding carboxylic acids is 1. The lowest BCUT2D eigenvalue weighted by Crippen LogP contribution is -2.46. The van der Waals surface area contributed by atoms with Gasteiger partial charge in [-0.1, -0.05) is 18.2 Å². The number of rotatable bonds is 6. The molecule has 176 valence electrons. The van der Waals surface area contributed by atoms with Crippen molar-refractivity contribution in [3.63, 3.8) is 0 Å². The molecule has 0 bridgehead atoms. The van der Waals surface area contributed by atoms with Gasteiger partial charge in [-0.25, -0.2) is 0 Å². The molecule has 3 aromatic rings. The number of aryl methyl sites for hydroxylation is 1. The van der Waals surface area contributed by atoms with E-state index in [2.05, 4.69) is 45.1 Å². The minimum atomic E-state index is 0.106. The van der Waals surface area contributed by atoms with Gasteiger partial charge in [0.2, 0.25) is 5.91 Å². The largest absolute Gasteiger partial charge is 0.394 e. The molecule has 7 heteroatoms. The number of hydrogen-bond donors (Lipinski definition) is 2. The summed E-state index contributed by atoms with van der Waals surface area (Å²) in [6.45, 7) is 2.41. The molecule has 2 N–H and O–H groups in total. The molecule has 1 aliphatic heterocycles. The average Bonchev–Trinajstić information content (AvgIpc) is 3.40. The van der Waals surface area contributed by atoms with Crippen LogP contribution < -0.4 is 5.32 Å². The standard InChI is InChI=1S/C26H35N5O2/c1-29-23(16-20-4-2-3-5-24(20)29)17-25(33)30-12-10-26(11-13-30)8-6-21(7-9-26)28-22-18-27-31(19-22)14-15-32/h2-5,16,18-19,21,28,32H,6-15,17H2,1H3. The van der Waals surface area contributed by atoms with E-state index in [4.69, 9.17) is 5.11 Å². The van der Waals surface area contributed by atoms with Crippen molar-refractivity contribution < 1.29 is 9.90 Å². The van der Waals surface area contributed by atoms with Gasteiger partial charge in [0, 0.05) is 43.6 Å². The molecule has 2 aromatic heterocycles. The van der Waals surface area contributed by atoms with E-state index in [9.17, 15) is 4.79 Å². The molecule has 1 amide bonds. The van der Waals surface area contributed by atoms with Crippen molar-refractivity contribution >= 4 is 22.5 Å². The molecule has 0 unspecified atom stereocenters. The van der Waals surface area contributed by atoms with Crippen LogP contribution in [-0.4, -0.2) is 56.0 Å². The second-order valence-corrected chi connectivity index (χ2v) is 9.95. The first-order chi connectivity index (χ1) is 16.0. The number of aliphatic hydroxyl groups is 1. The number of nitrogens with zero attached hydrogens (tertiary/aromatic N) is 4. The number of piperidine rings is 1. The Bertz CT molecular complexity index is 1100. The summed E-state index contributed by atoms with van der Waals surface area (Å²) in [5, 5.41) is 18.2. The lowest BCUT2D eigenvalue weighted by molar-refractivity contribution is -0.133. The van der Waals surface area contributed by atoms with E-state index >= 15 is 0 Å². The maximum absolute atomic E-state index is 13.1. The quantitative estimate of drug-likeness (QED) is 0.603. The highest BCUT2D eigenvalue weighted by molar-refractivity contribution is 5.84. The Morgan fingerprint density at radius 2 is 1.94 bits per heavy atom. The van der Waals surface area contributed by atoms with Gasteiger partial charge >= 0.3 is 0 Å². The topological polar surface area (TPSA) is 75.3 Å². The Balaban J connectivity index is 1.11. The smallest absolute Gasteiger partial charge is 0.228 e. The predicted molar refractivity (Wildman–Crippen MR) is 130 cm³/mol. The third-order valence-electron chi connectivity index (χ3n) is 7.94. The van der Waals surface area contributed by atoms with Gasteiger partial charge in [0.15, 0.2) is 0 Å². The number of hydrogen-bond acceptors (Lipinski definition) is 4. The lowest BCUT2D eigenvalue weighted by Gasteiger charge is -2.46. The molecule has 2 fully saturated rings. The van der Waals surface area contributed by atoms with Gasteiger partial charge in [-0.05, 0) is 61.5 Å². The van der Waals surface area contributed by atoms with Crippen LogP contribution in [0, 0.1) is 5.41 Å². The summed E-state index contributed by atoms with van der Waals surface area (Å²) in [6.07, 6.45) is 11.3. The van der Waals surface area contributed by atoms with Gasteiger partial charge in [-0.3, -0.25) is 9.48 Å². The zero-order valence-electron chi connectivity index (χ0n) is 19.5. The number of likely N-dealkylation sites (tertiary alicyclic amines) is 1. The maximum atomic E-state index is 13.1. The number of carbonyl (C=O) groups is 1. The fourth-order valence-corrected chi connectivity index (χ4v) is 5.79. The van der Waals surface area contributed by atoms with Crippen molar-refractivity contribution in [2.75, 3.05) is 25.0 Å². The van der Waals surface area contributed by atoms with Gasteiger partial charge < -0.3 is 19.9 Å². The first-order valence-corrected chi connectivity index (χ1v) is 12.3. The van der Waals surface area contributed by atoms with E-state index < -0.39 is 0 Å². The molecule has 0 radical (unpaired) electrons. The molecule has 1 saturated heterocycles. The Kier molecular flexibility index (Phi) is 6.15. The first-order valence-electron chi connectivity index (χ1n) is 12.3. The van der Waals surface area contributed by atoms with Crippen LogP contribution in [0.1, 0.15) is 44.2 Å². The van der Waals surface area contributed by atoms with E-state index in [1.54, 1.807) is 4.68 Å². The summed E-state index contributed by atoms with van der Waals surface area (Å²) >= 11 is 0. The van der Waals surface area contributed by atoms with Crippen molar-refractivity contribution in [1.29, 1.82) is 0 Å². The van der Waals surface area contributed by atoms with Gasteiger partial charge in [-0.2, -0.15) is 5.10 Å². The summed E-state index contributed by atoms with van der Waals surface area (Å²) in [7, 11) is 2.06. The average molecular weight is 450 g/mol. The molecule has 7 nitrogen and oxygen atoms in total. The van der Waals surface area contributed by atoms with Crippen molar-refractivity contribution in [2.24, 2.45) is 12.5 Å². The Morgan fingerprint density at radius 1 is 1.18 bits per heavy atom. The molecule has 2 aliphatic rings. The van der Waals surface area contributed by atoms with Gasteiger partial charge in [0.1, 0.15) is 0 Å². The normalized spacial score (nSPS) is 18.8. The van der Waals surface area contributed by atoms with Crippen LogP contribution in [0.25, 0.3) is 10.9 Å². The van der Waals surface area contributed by atoms with E-state index in [0.717, 1.165) is 50.2 Å². The monoisotopic (exact) mass is 449 g/mol. The molecular formula is C26H35N5O2. The number of aliphatic hydroxyl groups excluding tert-OH is 1. The van der Waals surface area contributed by atoms with Crippen LogP contribution in [0.4, 0.5) is 5.69 Å². The second kappa shape index (κ2) is 9.21. The van der Waals surface area contributed by atoms with Gasteiger partial charge in [-0.15, -0.1) is 0 Å². The second-order valence-electron chi connectivity index (χ2n) is 9.95. The molecule has 5 rings (SSSR count). The van der Waals surface area contributed by atoms with Crippen molar-refractivity contribution in [2.45, 2.75) is 57.5 Å². The zero-order chi connectivity index (χ0) is 22.8. The van der Waals surface area contributed by atoms with E-state index in [1.165, 1.54) is 23.7 Å². The SMILES string of the molecule is Cn1c(CC(=O)N2CCC3(CCC(Nc4cnn(CCO)c4)CC3)CC2)cc2ccccc21. The van der Waals surface area contributed by atoms with Crippen LogP contribution in [0.2, 0.25) is 0 Å². The molecule has 1 aromatic carbocycles. The molecule has 1 aliphatic carbocycles. The van der Waals surface area contributed by atoms with E-state index in [0.29, 0.717) is 24.4 Å². The van der Waals surface area contributed by atoms with Crippen molar-refractivity contribution in [3.05, 3.63) is 48.4 Å². The lowest BCUT2D eigenvalue weighted by atomic mass is 9.67. The Labute approximate surface area is 195 Å². The van der Waals surface area contributed by atoms with Crippen LogP contribution in [0.5, 0.6) is 0 Å². The number of anilines is 1. The number of para-hydroxylation sites is 1. The summed E-state index contributed by atoms with van der Waals surface area (Å²) < 4.78 is 3.93. The number of benzene rings is 1. The van der Waals surface area contributed by atoms with Gasteiger partial charge in [0.05, 0.1) is 31.5 Å². The van der Waals surface area contributed by atoms with Crippen LogP contribution in [-0.2, 0) is 24.8 Å². The molecule has 0 atom stereocenters. The highest BCUT2D eigenvalue weighted by Crippen LogP contribution is 2.45. The first kappa shape index (κ1) is 22.0. The molecular weight excluding hydrogens is 414 g/mol. The minimum absolute atomic E-state index is 0.106. The highest BCUT2D eigenvalue weighted by Gasteiger charge is 2.39. The molecule has 33 heavy (non-hydrogen) atoms. The Hall–Kier alpha value is -2.80. The maximum Gasteiger partial charge on any atom is 0.228 e. The van der Waals surface area contributed by atoms with Gasteiger partial charge in [0.25, 0.3) is 0 Å². The number of amides is 1. The molecule has 1 spiro atoms. The fourth-order valence-electron chi connectivity index (χ4n) is 5.79. The predicted octanol–water partition coefficient (Wildman–Crippen LogP) is 3.57. The number of nitrogens with one attached hydrogen (secondary N) is 1. The van der Waals surface area contributed by atoms with Crippen LogP contribution in [0.3, 0.4) is 0 Å². The van der Waals surface area contributed by atoms with Crippen molar-refractivity contribution in [1.82, 2.24) is 19.2 Å². The number of aromatic nitrogens is 3. The Morgan fingerprint density at radius 3 is 2.67 bits per heavy atom. The van der Waals surface area contributed by atoms with E-state index in [1.807, 2.05) is 24.5 Å². The number of fused-ring (bicyclic) bond motifs is 1. The fraction of sp³-hybridized carbons (Fsp3) is 0.538. The summed E-state index contributed by atoms with van der Waals surface area (Å²) in [5.41, 5.74) is 3.72. The van der Waals surface area contributed by atoms with Crippen molar-refractivity contribution in [3.8, 4) is 0 Å². The summed E-state index contributed by atoms with van der Waals surface area (Å²) in [4.78, 5) is 15.1. The molecule has 3 heterocycles. The summed E-state index contributed by atoms with van der Waals surface area (Å²) in [6, 6.07) is 11.0.